The molecule has 0 aliphatic carbocycles. The predicted octanol–water partition coefficient (Wildman–Crippen LogP) is 3.68. The van der Waals surface area contributed by atoms with Crippen LogP contribution in [-0.2, 0) is 9.59 Å². The average molecular weight is 391 g/mol. The molecule has 0 fully saturated rings. The van der Waals surface area contributed by atoms with Gasteiger partial charge in [0.1, 0.15) is 12.4 Å². The number of hydrogen-bond acceptors (Lipinski definition) is 4. The third kappa shape index (κ3) is 4.71. The SMILES string of the molecule is CN(CCOc1ccccc1)C(=O)CC1Sc2ccc(Cl)cc2NC1=O. The Balaban J connectivity index is 1.50. The number of anilines is 1. The van der Waals surface area contributed by atoms with Crippen LogP contribution in [0.4, 0.5) is 5.69 Å². The summed E-state index contributed by atoms with van der Waals surface area (Å²) in [4.78, 5) is 27.2. The smallest absolute Gasteiger partial charge is 0.238 e. The van der Waals surface area contributed by atoms with Crippen molar-refractivity contribution in [3.63, 3.8) is 0 Å². The van der Waals surface area contributed by atoms with Crippen LogP contribution in [0.25, 0.3) is 0 Å². The number of nitrogens with zero attached hydrogens (tertiary/aromatic N) is 1. The minimum atomic E-state index is -0.450. The number of ether oxygens (including phenoxy) is 1. The second-order valence-corrected chi connectivity index (χ2v) is 7.60. The maximum absolute atomic E-state index is 12.4. The zero-order valence-corrected chi connectivity index (χ0v) is 15.8. The summed E-state index contributed by atoms with van der Waals surface area (Å²) in [6, 6.07) is 14.8. The van der Waals surface area contributed by atoms with E-state index in [1.165, 1.54) is 11.8 Å². The van der Waals surface area contributed by atoms with Gasteiger partial charge in [-0.15, -0.1) is 11.8 Å². The number of para-hydroxylation sites is 1. The number of likely N-dealkylation sites (N-methyl/N-ethyl adjacent to an activating group) is 1. The fourth-order valence-electron chi connectivity index (χ4n) is 2.51. The van der Waals surface area contributed by atoms with Crippen molar-refractivity contribution in [1.29, 1.82) is 0 Å². The molecule has 26 heavy (non-hydrogen) atoms. The van der Waals surface area contributed by atoms with Gasteiger partial charge in [-0.1, -0.05) is 29.8 Å². The Morgan fingerprint density at radius 1 is 1.27 bits per heavy atom. The normalized spacial score (nSPS) is 15.8. The van der Waals surface area contributed by atoms with Crippen molar-refractivity contribution in [2.24, 2.45) is 0 Å². The second-order valence-electron chi connectivity index (χ2n) is 5.92. The summed E-state index contributed by atoms with van der Waals surface area (Å²) < 4.78 is 5.60. The minimum absolute atomic E-state index is 0.0910. The lowest BCUT2D eigenvalue weighted by Crippen LogP contribution is -2.37. The van der Waals surface area contributed by atoms with Gasteiger partial charge in [0.15, 0.2) is 0 Å². The first kappa shape index (κ1) is 18.6. The topological polar surface area (TPSA) is 58.6 Å². The largest absolute Gasteiger partial charge is 0.492 e. The van der Waals surface area contributed by atoms with Crippen LogP contribution < -0.4 is 10.1 Å². The summed E-state index contributed by atoms with van der Waals surface area (Å²) in [5.41, 5.74) is 0.695. The van der Waals surface area contributed by atoms with E-state index in [9.17, 15) is 9.59 Å². The van der Waals surface area contributed by atoms with Crippen LogP contribution in [-0.4, -0.2) is 42.2 Å². The van der Waals surface area contributed by atoms with E-state index in [-0.39, 0.29) is 18.2 Å². The van der Waals surface area contributed by atoms with E-state index < -0.39 is 5.25 Å². The van der Waals surface area contributed by atoms with Crippen LogP contribution >= 0.6 is 23.4 Å². The quantitative estimate of drug-likeness (QED) is 0.817. The van der Waals surface area contributed by atoms with E-state index in [0.29, 0.717) is 23.9 Å². The van der Waals surface area contributed by atoms with E-state index in [4.69, 9.17) is 16.3 Å². The van der Waals surface area contributed by atoms with Crippen molar-refractivity contribution in [3.8, 4) is 5.75 Å². The van der Waals surface area contributed by atoms with E-state index in [1.807, 2.05) is 36.4 Å². The summed E-state index contributed by atoms with van der Waals surface area (Å²) in [5.74, 6) is 0.504. The van der Waals surface area contributed by atoms with Crippen LogP contribution in [0, 0.1) is 0 Å². The highest BCUT2D eigenvalue weighted by atomic mass is 35.5. The zero-order valence-electron chi connectivity index (χ0n) is 14.3. The van der Waals surface area contributed by atoms with E-state index >= 15 is 0 Å². The van der Waals surface area contributed by atoms with Crippen LogP contribution in [0.15, 0.2) is 53.4 Å². The summed E-state index contributed by atoms with van der Waals surface area (Å²) in [7, 11) is 1.72. The molecule has 5 nitrogen and oxygen atoms in total. The average Bonchev–Trinajstić information content (AvgIpc) is 2.63. The number of nitrogens with one attached hydrogen (secondary N) is 1. The number of thioether (sulfide) groups is 1. The molecule has 2 aromatic carbocycles. The number of benzene rings is 2. The maximum Gasteiger partial charge on any atom is 0.238 e. The molecule has 0 aromatic heterocycles. The number of carbonyl (C=O) groups is 2. The first-order valence-corrected chi connectivity index (χ1v) is 9.47. The Hall–Kier alpha value is -2.18. The van der Waals surface area contributed by atoms with Gasteiger partial charge in [0.05, 0.1) is 17.5 Å². The van der Waals surface area contributed by atoms with Gasteiger partial charge < -0.3 is 15.0 Å². The number of amides is 2. The molecule has 3 rings (SSSR count). The van der Waals surface area contributed by atoms with Gasteiger partial charge >= 0.3 is 0 Å². The molecule has 1 aliphatic heterocycles. The number of halogens is 1. The van der Waals surface area contributed by atoms with Crippen molar-refractivity contribution >= 4 is 40.9 Å². The predicted molar refractivity (Wildman–Crippen MR) is 104 cm³/mol. The molecule has 0 saturated heterocycles. The first-order valence-electron chi connectivity index (χ1n) is 8.22. The number of carbonyl (C=O) groups excluding carboxylic acids is 2. The summed E-state index contributed by atoms with van der Waals surface area (Å²) >= 11 is 7.34. The fraction of sp³-hybridized carbons (Fsp3) is 0.263. The van der Waals surface area contributed by atoms with Gasteiger partial charge in [-0.2, -0.15) is 0 Å². The van der Waals surface area contributed by atoms with Crippen molar-refractivity contribution in [2.45, 2.75) is 16.6 Å². The molecular formula is C19H19ClN2O3S. The molecule has 7 heteroatoms. The molecule has 136 valence electrons. The van der Waals surface area contributed by atoms with E-state index in [2.05, 4.69) is 5.32 Å². The fourth-order valence-corrected chi connectivity index (χ4v) is 3.77. The molecule has 1 heterocycles. The molecule has 0 spiro atoms. The highest BCUT2D eigenvalue weighted by Gasteiger charge is 2.30. The lowest BCUT2D eigenvalue weighted by Gasteiger charge is -2.25. The Morgan fingerprint density at radius 3 is 2.81 bits per heavy atom. The van der Waals surface area contributed by atoms with Gasteiger partial charge in [0.2, 0.25) is 11.8 Å². The Bertz CT molecular complexity index is 801. The van der Waals surface area contributed by atoms with Crippen molar-refractivity contribution in [2.75, 3.05) is 25.5 Å². The van der Waals surface area contributed by atoms with Gasteiger partial charge in [-0.25, -0.2) is 0 Å². The lowest BCUT2D eigenvalue weighted by atomic mass is 10.2. The van der Waals surface area contributed by atoms with Gasteiger partial charge in [-0.3, -0.25) is 9.59 Å². The number of fused-ring (bicyclic) bond motifs is 1. The van der Waals surface area contributed by atoms with Crippen LogP contribution in [0.1, 0.15) is 6.42 Å². The number of rotatable bonds is 6. The number of hydrogen-bond donors (Lipinski definition) is 1. The Labute approximate surface area is 161 Å². The summed E-state index contributed by atoms with van der Waals surface area (Å²) in [5, 5.41) is 2.94. The second kappa shape index (κ2) is 8.47. The van der Waals surface area contributed by atoms with Crippen LogP contribution in [0.3, 0.4) is 0 Å². The molecule has 1 N–H and O–H groups in total. The molecular weight excluding hydrogens is 372 g/mol. The molecule has 2 amide bonds. The van der Waals surface area contributed by atoms with E-state index in [1.54, 1.807) is 24.1 Å². The molecule has 1 atom stereocenters. The van der Waals surface area contributed by atoms with Crippen LogP contribution in [0.5, 0.6) is 5.75 Å². The third-order valence-electron chi connectivity index (χ3n) is 3.99. The van der Waals surface area contributed by atoms with Crippen molar-refractivity contribution in [3.05, 3.63) is 53.6 Å². The molecule has 0 saturated carbocycles. The summed E-state index contributed by atoms with van der Waals surface area (Å²) in [6.07, 6.45) is 0.139. The highest BCUT2D eigenvalue weighted by Crippen LogP contribution is 2.38. The highest BCUT2D eigenvalue weighted by molar-refractivity contribution is 8.01. The molecule has 1 aliphatic rings. The van der Waals surface area contributed by atoms with Gasteiger partial charge in [-0.05, 0) is 30.3 Å². The molecule has 0 bridgehead atoms. The Kier molecular flexibility index (Phi) is 6.06. The first-order chi connectivity index (χ1) is 12.5. The van der Waals surface area contributed by atoms with Crippen LogP contribution in [0.2, 0.25) is 5.02 Å². The molecule has 2 aromatic rings. The zero-order chi connectivity index (χ0) is 18.5. The van der Waals surface area contributed by atoms with Gasteiger partial charge in [0.25, 0.3) is 0 Å². The third-order valence-corrected chi connectivity index (χ3v) is 5.50. The molecule has 0 radical (unpaired) electrons. The Morgan fingerprint density at radius 2 is 2.04 bits per heavy atom. The maximum atomic E-state index is 12.4. The van der Waals surface area contributed by atoms with Gasteiger partial charge in [0, 0.05) is 23.4 Å². The lowest BCUT2D eigenvalue weighted by molar-refractivity contribution is -0.131. The minimum Gasteiger partial charge on any atom is -0.492 e. The van der Waals surface area contributed by atoms with E-state index in [0.717, 1.165) is 10.6 Å². The molecule has 1 unspecified atom stereocenters. The van der Waals surface area contributed by atoms with Crippen molar-refractivity contribution < 1.29 is 14.3 Å². The summed E-state index contributed by atoms with van der Waals surface area (Å²) in [6.45, 7) is 0.858. The van der Waals surface area contributed by atoms with Crippen molar-refractivity contribution in [1.82, 2.24) is 4.90 Å². The standard InChI is InChI=1S/C19H19ClN2O3S/c1-22(9-10-25-14-5-3-2-4-6-14)18(23)12-17-19(24)21-15-11-13(20)7-8-16(15)26-17/h2-8,11,17H,9-10,12H2,1H3,(H,21,24). The monoisotopic (exact) mass is 390 g/mol.